The van der Waals surface area contributed by atoms with Gasteiger partial charge in [-0.25, -0.2) is 0 Å². The molecule has 2 aromatic carbocycles. The van der Waals surface area contributed by atoms with E-state index in [2.05, 4.69) is 30.4 Å². The standard InChI is InChI=1S/C18H20N2O/c1-11-4-9-15-14(10-11)16(20-17(21)18(15,2)3)12-5-7-13(19)8-6-12/h4-10,16H,19H2,1-3H3,(H,20,21)/t16-/m1/s1. The first-order valence-corrected chi connectivity index (χ1v) is 7.17. The summed E-state index contributed by atoms with van der Waals surface area (Å²) in [6.45, 7) is 6.01. The minimum Gasteiger partial charge on any atom is -0.399 e. The van der Waals surface area contributed by atoms with Crippen LogP contribution in [0.2, 0.25) is 0 Å². The summed E-state index contributed by atoms with van der Waals surface area (Å²) < 4.78 is 0. The number of aryl methyl sites for hydroxylation is 1. The Kier molecular flexibility index (Phi) is 3.01. The Morgan fingerprint density at radius 3 is 2.43 bits per heavy atom. The van der Waals surface area contributed by atoms with Crippen LogP contribution in [0.4, 0.5) is 5.69 Å². The van der Waals surface area contributed by atoms with E-state index in [1.54, 1.807) is 0 Å². The second kappa shape index (κ2) is 4.62. The highest BCUT2D eigenvalue weighted by Gasteiger charge is 2.39. The molecule has 1 atom stereocenters. The molecule has 1 amide bonds. The summed E-state index contributed by atoms with van der Waals surface area (Å²) >= 11 is 0. The van der Waals surface area contributed by atoms with E-state index in [4.69, 9.17) is 5.73 Å². The van der Waals surface area contributed by atoms with Crippen LogP contribution in [0.5, 0.6) is 0 Å². The van der Waals surface area contributed by atoms with E-state index in [-0.39, 0.29) is 11.9 Å². The van der Waals surface area contributed by atoms with E-state index < -0.39 is 5.41 Å². The summed E-state index contributed by atoms with van der Waals surface area (Å²) in [7, 11) is 0. The number of nitrogens with one attached hydrogen (secondary N) is 1. The van der Waals surface area contributed by atoms with Gasteiger partial charge in [-0.15, -0.1) is 0 Å². The minimum atomic E-state index is -0.507. The van der Waals surface area contributed by atoms with Gasteiger partial charge in [-0.3, -0.25) is 4.79 Å². The number of anilines is 1. The number of carbonyl (C=O) groups excluding carboxylic acids is 1. The Hall–Kier alpha value is -2.29. The van der Waals surface area contributed by atoms with Crippen molar-refractivity contribution in [3.05, 3.63) is 64.7 Å². The van der Waals surface area contributed by atoms with E-state index in [1.165, 1.54) is 11.1 Å². The highest BCUT2D eigenvalue weighted by molar-refractivity contribution is 5.90. The van der Waals surface area contributed by atoms with Crippen molar-refractivity contribution in [2.75, 3.05) is 5.73 Å². The highest BCUT2D eigenvalue weighted by Crippen LogP contribution is 2.38. The molecule has 108 valence electrons. The van der Waals surface area contributed by atoms with Crippen molar-refractivity contribution in [1.29, 1.82) is 0 Å². The van der Waals surface area contributed by atoms with E-state index in [1.807, 2.05) is 38.1 Å². The lowest BCUT2D eigenvalue weighted by atomic mass is 9.74. The molecule has 3 N–H and O–H groups in total. The van der Waals surface area contributed by atoms with Crippen LogP contribution >= 0.6 is 0 Å². The molecule has 0 fully saturated rings. The average Bonchev–Trinajstić information content (AvgIpc) is 2.44. The van der Waals surface area contributed by atoms with Gasteiger partial charge in [0.15, 0.2) is 0 Å². The van der Waals surface area contributed by atoms with Crippen molar-refractivity contribution in [3.8, 4) is 0 Å². The normalized spacial score (nSPS) is 19.8. The number of nitrogens with two attached hydrogens (primary N) is 1. The molecule has 1 heterocycles. The lowest BCUT2D eigenvalue weighted by molar-refractivity contribution is -0.126. The number of amides is 1. The van der Waals surface area contributed by atoms with Crippen LogP contribution in [0, 0.1) is 6.92 Å². The molecular formula is C18H20N2O. The second-order valence-corrected chi connectivity index (χ2v) is 6.29. The monoisotopic (exact) mass is 280 g/mol. The fourth-order valence-electron chi connectivity index (χ4n) is 2.95. The smallest absolute Gasteiger partial charge is 0.230 e. The van der Waals surface area contributed by atoms with Crippen molar-refractivity contribution in [1.82, 2.24) is 5.32 Å². The summed E-state index contributed by atoms with van der Waals surface area (Å²) in [6.07, 6.45) is 0. The van der Waals surface area contributed by atoms with Crippen molar-refractivity contribution in [2.24, 2.45) is 0 Å². The number of benzene rings is 2. The van der Waals surface area contributed by atoms with Gasteiger partial charge in [0.25, 0.3) is 0 Å². The highest BCUT2D eigenvalue weighted by atomic mass is 16.2. The fourth-order valence-corrected chi connectivity index (χ4v) is 2.95. The van der Waals surface area contributed by atoms with Gasteiger partial charge in [0.1, 0.15) is 0 Å². The third-order valence-corrected chi connectivity index (χ3v) is 4.30. The average molecular weight is 280 g/mol. The fraction of sp³-hybridized carbons (Fsp3) is 0.278. The van der Waals surface area contributed by atoms with Gasteiger partial charge in [0, 0.05) is 5.69 Å². The molecule has 0 aromatic heterocycles. The van der Waals surface area contributed by atoms with E-state index in [0.717, 1.165) is 16.8 Å². The zero-order valence-corrected chi connectivity index (χ0v) is 12.6. The quantitative estimate of drug-likeness (QED) is 0.789. The van der Waals surface area contributed by atoms with Crippen LogP contribution in [0.15, 0.2) is 42.5 Å². The number of hydrogen-bond donors (Lipinski definition) is 2. The van der Waals surface area contributed by atoms with Crippen LogP contribution in [-0.4, -0.2) is 5.91 Å². The first-order valence-electron chi connectivity index (χ1n) is 7.17. The molecular weight excluding hydrogens is 260 g/mol. The predicted octanol–water partition coefficient (Wildman–Crippen LogP) is 3.07. The molecule has 3 rings (SSSR count). The zero-order chi connectivity index (χ0) is 15.2. The van der Waals surface area contributed by atoms with Crippen molar-refractivity contribution < 1.29 is 4.79 Å². The summed E-state index contributed by atoms with van der Waals surface area (Å²) in [6, 6.07) is 13.9. The van der Waals surface area contributed by atoms with Gasteiger partial charge in [-0.05, 0) is 49.6 Å². The topological polar surface area (TPSA) is 55.1 Å². The molecule has 0 spiro atoms. The Morgan fingerprint density at radius 1 is 1.10 bits per heavy atom. The molecule has 3 heteroatoms. The summed E-state index contributed by atoms with van der Waals surface area (Å²) in [5.74, 6) is 0.0562. The first kappa shape index (κ1) is 13.7. The largest absolute Gasteiger partial charge is 0.399 e. The van der Waals surface area contributed by atoms with Crippen LogP contribution in [0.1, 0.15) is 42.1 Å². The van der Waals surface area contributed by atoms with Crippen molar-refractivity contribution in [2.45, 2.75) is 32.2 Å². The van der Waals surface area contributed by atoms with Crippen LogP contribution in [0.25, 0.3) is 0 Å². The Balaban J connectivity index is 2.17. The molecule has 0 aliphatic carbocycles. The molecule has 21 heavy (non-hydrogen) atoms. The molecule has 0 saturated heterocycles. The molecule has 0 bridgehead atoms. The van der Waals surface area contributed by atoms with E-state index >= 15 is 0 Å². The van der Waals surface area contributed by atoms with Gasteiger partial charge in [-0.1, -0.05) is 35.9 Å². The van der Waals surface area contributed by atoms with Gasteiger partial charge >= 0.3 is 0 Å². The maximum atomic E-state index is 12.5. The first-order chi connectivity index (χ1) is 9.89. The third kappa shape index (κ3) is 2.19. The van der Waals surface area contributed by atoms with Crippen LogP contribution in [-0.2, 0) is 10.2 Å². The molecule has 3 nitrogen and oxygen atoms in total. The predicted molar refractivity (Wildman–Crippen MR) is 85.0 cm³/mol. The van der Waals surface area contributed by atoms with Crippen molar-refractivity contribution >= 4 is 11.6 Å². The number of hydrogen-bond acceptors (Lipinski definition) is 2. The molecule has 0 saturated carbocycles. The van der Waals surface area contributed by atoms with Gasteiger partial charge in [0.05, 0.1) is 11.5 Å². The Morgan fingerprint density at radius 2 is 1.76 bits per heavy atom. The molecule has 1 aliphatic heterocycles. The maximum Gasteiger partial charge on any atom is 0.230 e. The lowest BCUT2D eigenvalue weighted by Gasteiger charge is -2.37. The number of nitrogen functional groups attached to an aromatic ring is 1. The molecule has 0 unspecified atom stereocenters. The molecule has 2 aromatic rings. The van der Waals surface area contributed by atoms with Gasteiger partial charge in [0.2, 0.25) is 5.91 Å². The van der Waals surface area contributed by atoms with Crippen LogP contribution in [0.3, 0.4) is 0 Å². The number of rotatable bonds is 1. The molecule has 0 radical (unpaired) electrons. The zero-order valence-electron chi connectivity index (χ0n) is 12.6. The van der Waals surface area contributed by atoms with E-state index in [9.17, 15) is 4.79 Å². The summed E-state index contributed by atoms with van der Waals surface area (Å²) in [5, 5.41) is 3.15. The van der Waals surface area contributed by atoms with Gasteiger partial charge < -0.3 is 11.1 Å². The van der Waals surface area contributed by atoms with Gasteiger partial charge in [-0.2, -0.15) is 0 Å². The lowest BCUT2D eigenvalue weighted by Crippen LogP contribution is -2.47. The van der Waals surface area contributed by atoms with Crippen molar-refractivity contribution in [3.63, 3.8) is 0 Å². The van der Waals surface area contributed by atoms with Crippen LogP contribution < -0.4 is 11.1 Å². The van der Waals surface area contributed by atoms with E-state index in [0.29, 0.717) is 0 Å². The summed E-state index contributed by atoms with van der Waals surface area (Å²) in [4.78, 5) is 12.5. The Bertz CT molecular complexity index is 702. The SMILES string of the molecule is Cc1ccc2c(c1)[C@@H](c1ccc(N)cc1)NC(=O)C2(C)C. The summed E-state index contributed by atoms with van der Waals surface area (Å²) in [5.41, 5.74) is 10.5. The second-order valence-electron chi connectivity index (χ2n) is 6.29. The Labute approximate surface area is 125 Å². The minimum absolute atomic E-state index is 0.0562. The number of fused-ring (bicyclic) bond motifs is 1. The third-order valence-electron chi connectivity index (χ3n) is 4.30. The molecule has 1 aliphatic rings. The number of carbonyl (C=O) groups is 1. The maximum absolute atomic E-state index is 12.5.